The summed E-state index contributed by atoms with van der Waals surface area (Å²) < 4.78 is 0. The van der Waals surface area contributed by atoms with Crippen LogP contribution in [0.5, 0.6) is 0 Å². The second-order valence-corrected chi connectivity index (χ2v) is 2.88. The van der Waals surface area contributed by atoms with Gasteiger partial charge in [0.2, 0.25) is 0 Å². The molecule has 2 aromatic heterocycles. The second-order valence-electron chi connectivity index (χ2n) is 2.88. The van der Waals surface area contributed by atoms with Crippen LogP contribution in [-0.2, 0) is 17.1 Å². The molecule has 4 nitrogen and oxygen atoms in total. The maximum Gasteiger partial charge on any atom is 0.114 e. The van der Waals surface area contributed by atoms with E-state index in [9.17, 15) is 0 Å². The van der Waals surface area contributed by atoms with Crippen LogP contribution in [0.1, 0.15) is 0 Å². The molecular weight excluding hydrogens is 232 g/mol. The van der Waals surface area contributed by atoms with Gasteiger partial charge in [-0.3, -0.25) is 9.97 Å². The number of aromatic nitrogens is 2. The van der Waals surface area contributed by atoms with Gasteiger partial charge in [-0.05, 0) is 24.3 Å². The molecule has 0 atom stereocenters. The zero-order chi connectivity index (χ0) is 9.97. The van der Waals surface area contributed by atoms with Gasteiger partial charge in [-0.25, -0.2) is 0 Å². The Hall–Kier alpha value is -1.58. The summed E-state index contributed by atoms with van der Waals surface area (Å²) in [6.07, 6.45) is 3.33. The van der Waals surface area contributed by atoms with E-state index in [-0.39, 0.29) is 17.1 Å². The van der Waals surface area contributed by atoms with Crippen LogP contribution in [0.25, 0.3) is 11.4 Å². The first-order valence-electron chi connectivity index (χ1n) is 4.20. The molecule has 0 fully saturated rings. The number of anilines is 2. The normalized spacial score (nSPS) is 9.33. The van der Waals surface area contributed by atoms with Crippen molar-refractivity contribution >= 4 is 11.4 Å². The van der Waals surface area contributed by atoms with E-state index in [0.717, 1.165) is 0 Å². The van der Waals surface area contributed by atoms with Gasteiger partial charge in [-0.2, -0.15) is 0 Å². The van der Waals surface area contributed by atoms with Crippen LogP contribution < -0.4 is 11.5 Å². The summed E-state index contributed by atoms with van der Waals surface area (Å²) in [5, 5.41) is 0. The van der Waals surface area contributed by atoms with E-state index in [1.54, 1.807) is 36.7 Å². The molecule has 0 unspecified atom stereocenters. The topological polar surface area (TPSA) is 77.8 Å². The Balaban J connectivity index is 0.00000112. The second kappa shape index (κ2) is 4.77. The summed E-state index contributed by atoms with van der Waals surface area (Å²) in [6, 6.07) is 7.10. The van der Waals surface area contributed by atoms with Crippen molar-refractivity contribution < 1.29 is 17.1 Å². The molecule has 0 aliphatic heterocycles. The SMILES string of the molecule is Nc1cccnc1-c1ncccc1N.[Fe]. The molecule has 2 heterocycles. The molecule has 2 rings (SSSR count). The summed E-state index contributed by atoms with van der Waals surface area (Å²) in [5.41, 5.74) is 13.9. The number of nitrogens with zero attached hydrogens (tertiary/aromatic N) is 2. The van der Waals surface area contributed by atoms with Gasteiger partial charge < -0.3 is 11.5 Å². The van der Waals surface area contributed by atoms with Crippen molar-refractivity contribution in [2.24, 2.45) is 0 Å². The van der Waals surface area contributed by atoms with Crippen LogP contribution in [0.2, 0.25) is 0 Å². The Bertz CT molecular complexity index is 415. The molecule has 0 aliphatic carbocycles. The first kappa shape index (κ1) is 11.5. The number of pyridine rings is 2. The fourth-order valence-electron chi connectivity index (χ4n) is 1.23. The summed E-state index contributed by atoms with van der Waals surface area (Å²) >= 11 is 0. The van der Waals surface area contributed by atoms with Gasteiger partial charge in [0, 0.05) is 29.5 Å². The largest absolute Gasteiger partial charge is 0.397 e. The molecule has 0 aliphatic rings. The molecule has 0 amide bonds. The Morgan fingerprint density at radius 2 is 1.20 bits per heavy atom. The predicted octanol–water partition coefficient (Wildman–Crippen LogP) is 1.31. The molecule has 0 bridgehead atoms. The smallest absolute Gasteiger partial charge is 0.114 e. The van der Waals surface area contributed by atoms with Crippen LogP contribution in [0.4, 0.5) is 11.4 Å². The third-order valence-electron chi connectivity index (χ3n) is 1.90. The molecule has 78 valence electrons. The first-order valence-corrected chi connectivity index (χ1v) is 4.20. The number of hydrogen-bond acceptors (Lipinski definition) is 4. The van der Waals surface area contributed by atoms with Gasteiger partial charge in [-0.15, -0.1) is 0 Å². The zero-order valence-electron chi connectivity index (χ0n) is 7.87. The average Bonchev–Trinajstić information content (AvgIpc) is 2.20. The predicted molar refractivity (Wildman–Crippen MR) is 56.3 cm³/mol. The number of rotatable bonds is 1. The van der Waals surface area contributed by atoms with Crippen molar-refractivity contribution in [3.63, 3.8) is 0 Å². The number of hydrogen-bond donors (Lipinski definition) is 2. The third-order valence-corrected chi connectivity index (χ3v) is 1.90. The van der Waals surface area contributed by atoms with E-state index in [1.165, 1.54) is 0 Å². The summed E-state index contributed by atoms with van der Waals surface area (Å²) in [5.74, 6) is 0. The standard InChI is InChI=1S/C10H10N4.Fe/c11-7-3-1-5-13-9(7)10-8(12)4-2-6-14-10;/h1-6H,11-12H2;. The van der Waals surface area contributed by atoms with Crippen LogP contribution in [0.15, 0.2) is 36.7 Å². The van der Waals surface area contributed by atoms with Crippen molar-refractivity contribution in [2.75, 3.05) is 11.5 Å². The Morgan fingerprint density at radius 3 is 1.53 bits per heavy atom. The maximum absolute atomic E-state index is 5.76. The van der Waals surface area contributed by atoms with Crippen LogP contribution in [0.3, 0.4) is 0 Å². The van der Waals surface area contributed by atoms with Crippen molar-refractivity contribution in [2.45, 2.75) is 0 Å². The van der Waals surface area contributed by atoms with E-state index in [2.05, 4.69) is 9.97 Å². The zero-order valence-corrected chi connectivity index (χ0v) is 8.97. The van der Waals surface area contributed by atoms with Gasteiger partial charge >= 0.3 is 0 Å². The molecule has 15 heavy (non-hydrogen) atoms. The van der Waals surface area contributed by atoms with Gasteiger partial charge in [0.15, 0.2) is 0 Å². The fourth-order valence-corrected chi connectivity index (χ4v) is 1.23. The van der Waals surface area contributed by atoms with Crippen LogP contribution in [0, 0.1) is 0 Å². The summed E-state index contributed by atoms with van der Waals surface area (Å²) in [6.45, 7) is 0. The molecule has 2 aromatic rings. The van der Waals surface area contributed by atoms with Gasteiger partial charge in [0.25, 0.3) is 0 Å². The van der Waals surface area contributed by atoms with Crippen molar-refractivity contribution in [1.29, 1.82) is 0 Å². The molecule has 0 saturated carbocycles. The average molecular weight is 242 g/mol. The van der Waals surface area contributed by atoms with Crippen molar-refractivity contribution in [3.05, 3.63) is 36.7 Å². The molecular formula is C10H10FeN4. The quantitative estimate of drug-likeness (QED) is 0.739. The van der Waals surface area contributed by atoms with E-state index >= 15 is 0 Å². The van der Waals surface area contributed by atoms with E-state index < -0.39 is 0 Å². The molecule has 4 N–H and O–H groups in total. The maximum atomic E-state index is 5.76. The van der Waals surface area contributed by atoms with E-state index in [1.807, 2.05) is 0 Å². The monoisotopic (exact) mass is 242 g/mol. The van der Waals surface area contributed by atoms with Crippen LogP contribution in [-0.4, -0.2) is 9.97 Å². The Labute approximate surface area is 98.2 Å². The minimum absolute atomic E-state index is 0. The Morgan fingerprint density at radius 1 is 0.800 bits per heavy atom. The number of nitrogen functional groups attached to an aromatic ring is 2. The molecule has 0 saturated heterocycles. The minimum atomic E-state index is 0. The van der Waals surface area contributed by atoms with E-state index in [0.29, 0.717) is 22.8 Å². The van der Waals surface area contributed by atoms with E-state index in [4.69, 9.17) is 11.5 Å². The minimum Gasteiger partial charge on any atom is -0.397 e. The summed E-state index contributed by atoms with van der Waals surface area (Å²) in [4.78, 5) is 8.28. The molecule has 0 aromatic carbocycles. The molecule has 0 radical (unpaired) electrons. The Kier molecular flexibility index (Phi) is 3.66. The van der Waals surface area contributed by atoms with Crippen molar-refractivity contribution in [1.82, 2.24) is 9.97 Å². The number of nitrogens with two attached hydrogens (primary N) is 2. The molecule has 5 heteroatoms. The third kappa shape index (κ3) is 2.26. The summed E-state index contributed by atoms with van der Waals surface area (Å²) in [7, 11) is 0. The fraction of sp³-hybridized carbons (Fsp3) is 0. The van der Waals surface area contributed by atoms with Crippen molar-refractivity contribution in [3.8, 4) is 11.4 Å². The van der Waals surface area contributed by atoms with Gasteiger partial charge in [0.1, 0.15) is 11.4 Å². The van der Waals surface area contributed by atoms with Gasteiger partial charge in [0.05, 0.1) is 11.4 Å². The van der Waals surface area contributed by atoms with Crippen LogP contribution >= 0.6 is 0 Å². The molecule has 0 spiro atoms. The van der Waals surface area contributed by atoms with Gasteiger partial charge in [-0.1, -0.05) is 0 Å². The first-order chi connectivity index (χ1) is 6.79.